The number of hydrogen-bond acceptors (Lipinski definition) is 2. The lowest BCUT2D eigenvalue weighted by molar-refractivity contribution is -0.131. The van der Waals surface area contributed by atoms with Crippen LogP contribution in [0.5, 0.6) is 0 Å². The van der Waals surface area contributed by atoms with Crippen LogP contribution < -0.4 is 10.6 Å². The van der Waals surface area contributed by atoms with Gasteiger partial charge in [-0.15, -0.1) is 0 Å². The normalized spacial score (nSPS) is 37.9. The van der Waals surface area contributed by atoms with E-state index in [-0.39, 0.29) is 5.54 Å². The van der Waals surface area contributed by atoms with E-state index >= 15 is 0 Å². The molecule has 0 bridgehead atoms. The highest BCUT2D eigenvalue weighted by Crippen LogP contribution is 2.45. The van der Waals surface area contributed by atoms with Gasteiger partial charge in [-0.1, -0.05) is 12.8 Å². The van der Waals surface area contributed by atoms with Crippen LogP contribution in [0.2, 0.25) is 0 Å². The molecule has 2 heterocycles. The Bertz CT molecular complexity index is 284. The van der Waals surface area contributed by atoms with Gasteiger partial charge in [-0.05, 0) is 50.6 Å². The molecule has 0 aromatic heterocycles. The third kappa shape index (κ3) is 1.65. The van der Waals surface area contributed by atoms with Gasteiger partial charge in [0.1, 0.15) is 0 Å². The summed E-state index contributed by atoms with van der Waals surface area (Å²) in [7, 11) is 0. The average Bonchev–Trinajstić information content (AvgIpc) is 2.30. The fraction of sp³-hybridized carbons (Fsp3) is 0.923. The summed E-state index contributed by atoms with van der Waals surface area (Å²) in [6.07, 6.45) is 8.40. The van der Waals surface area contributed by atoms with Crippen molar-refractivity contribution in [1.29, 1.82) is 0 Å². The summed E-state index contributed by atoms with van der Waals surface area (Å²) in [6, 6.07) is 0. The van der Waals surface area contributed by atoms with E-state index < -0.39 is 0 Å². The van der Waals surface area contributed by atoms with Crippen molar-refractivity contribution in [3.8, 4) is 0 Å². The van der Waals surface area contributed by atoms with Gasteiger partial charge >= 0.3 is 0 Å². The van der Waals surface area contributed by atoms with E-state index in [9.17, 15) is 4.79 Å². The number of carbonyl (C=O) groups is 1. The molecule has 16 heavy (non-hydrogen) atoms. The third-order valence-corrected chi connectivity index (χ3v) is 4.95. The first kappa shape index (κ1) is 10.6. The molecule has 2 aliphatic heterocycles. The zero-order valence-electron chi connectivity index (χ0n) is 9.93. The van der Waals surface area contributed by atoms with Crippen LogP contribution >= 0.6 is 0 Å². The van der Waals surface area contributed by atoms with E-state index in [0.717, 1.165) is 38.3 Å². The Morgan fingerprint density at radius 2 is 1.88 bits per heavy atom. The van der Waals surface area contributed by atoms with Crippen LogP contribution in [0.15, 0.2) is 0 Å². The fourth-order valence-corrected chi connectivity index (χ4v) is 4.21. The first-order valence-corrected chi connectivity index (χ1v) is 6.82. The summed E-state index contributed by atoms with van der Waals surface area (Å²) in [5.74, 6) is 1.76. The van der Waals surface area contributed by atoms with Gasteiger partial charge < -0.3 is 10.6 Å². The maximum Gasteiger partial charge on any atom is 0.220 e. The molecular formula is C13H22N2O. The molecule has 1 spiro atoms. The van der Waals surface area contributed by atoms with Crippen molar-refractivity contribution in [2.45, 2.75) is 50.5 Å². The first-order chi connectivity index (χ1) is 7.80. The van der Waals surface area contributed by atoms with Gasteiger partial charge in [0.05, 0.1) is 0 Å². The Kier molecular flexibility index (Phi) is 2.66. The monoisotopic (exact) mass is 222 g/mol. The van der Waals surface area contributed by atoms with Crippen molar-refractivity contribution >= 4 is 5.91 Å². The number of nitrogens with one attached hydrogen (secondary N) is 2. The van der Waals surface area contributed by atoms with Crippen molar-refractivity contribution in [2.75, 3.05) is 13.1 Å². The molecule has 1 amide bonds. The summed E-state index contributed by atoms with van der Waals surface area (Å²) in [5.41, 5.74) is 0.158. The Morgan fingerprint density at radius 1 is 1.12 bits per heavy atom. The Balaban J connectivity index is 1.85. The summed E-state index contributed by atoms with van der Waals surface area (Å²) in [6.45, 7) is 2.15. The Labute approximate surface area is 97.4 Å². The van der Waals surface area contributed by atoms with Crippen LogP contribution in [-0.2, 0) is 4.79 Å². The molecular weight excluding hydrogens is 200 g/mol. The summed E-state index contributed by atoms with van der Waals surface area (Å²) >= 11 is 0. The van der Waals surface area contributed by atoms with Gasteiger partial charge in [0.25, 0.3) is 0 Å². The molecule has 2 unspecified atom stereocenters. The van der Waals surface area contributed by atoms with E-state index in [1.54, 1.807) is 0 Å². The maximum absolute atomic E-state index is 11.9. The molecule has 0 radical (unpaired) electrons. The molecule has 2 N–H and O–H groups in total. The highest BCUT2D eigenvalue weighted by atomic mass is 16.1. The first-order valence-electron chi connectivity index (χ1n) is 6.82. The number of fused-ring (bicyclic) bond motifs is 2. The average molecular weight is 222 g/mol. The molecule has 1 aliphatic carbocycles. The van der Waals surface area contributed by atoms with E-state index in [2.05, 4.69) is 10.6 Å². The molecule has 0 aromatic carbocycles. The largest absolute Gasteiger partial charge is 0.350 e. The molecule has 3 aliphatic rings. The number of amides is 1. The van der Waals surface area contributed by atoms with Gasteiger partial charge in [0.2, 0.25) is 5.91 Å². The van der Waals surface area contributed by atoms with Crippen LogP contribution in [0.25, 0.3) is 0 Å². The van der Waals surface area contributed by atoms with Crippen LogP contribution in [0.3, 0.4) is 0 Å². The lowest BCUT2D eigenvalue weighted by Crippen LogP contribution is -2.64. The van der Waals surface area contributed by atoms with Gasteiger partial charge in [-0.25, -0.2) is 0 Å². The molecule has 2 saturated heterocycles. The lowest BCUT2D eigenvalue weighted by Gasteiger charge is -2.52. The Morgan fingerprint density at radius 3 is 2.69 bits per heavy atom. The summed E-state index contributed by atoms with van der Waals surface area (Å²) in [5, 5.41) is 6.77. The highest BCUT2D eigenvalue weighted by Gasteiger charge is 2.48. The minimum absolute atomic E-state index is 0.158. The van der Waals surface area contributed by atoms with Gasteiger partial charge in [0, 0.05) is 12.0 Å². The maximum atomic E-state index is 11.9. The smallest absolute Gasteiger partial charge is 0.220 e. The van der Waals surface area contributed by atoms with E-state index in [0.29, 0.717) is 11.8 Å². The molecule has 3 nitrogen and oxygen atoms in total. The summed E-state index contributed by atoms with van der Waals surface area (Å²) < 4.78 is 0. The van der Waals surface area contributed by atoms with Gasteiger partial charge in [-0.2, -0.15) is 0 Å². The lowest BCUT2D eigenvalue weighted by atomic mass is 9.62. The van der Waals surface area contributed by atoms with Crippen LogP contribution in [-0.4, -0.2) is 24.5 Å². The van der Waals surface area contributed by atoms with Crippen molar-refractivity contribution in [3.63, 3.8) is 0 Å². The molecule has 3 rings (SSSR count). The van der Waals surface area contributed by atoms with Crippen LogP contribution in [0.1, 0.15) is 44.9 Å². The zero-order chi connectivity index (χ0) is 11.0. The second kappa shape index (κ2) is 4.02. The second-order valence-corrected chi connectivity index (χ2v) is 5.81. The molecule has 3 fully saturated rings. The minimum atomic E-state index is 0.158. The number of piperidine rings is 2. The van der Waals surface area contributed by atoms with Crippen molar-refractivity contribution in [1.82, 2.24) is 10.6 Å². The van der Waals surface area contributed by atoms with Crippen molar-refractivity contribution in [3.05, 3.63) is 0 Å². The molecule has 3 heteroatoms. The topological polar surface area (TPSA) is 41.1 Å². The fourth-order valence-electron chi connectivity index (χ4n) is 4.21. The van der Waals surface area contributed by atoms with Crippen LogP contribution in [0, 0.1) is 11.8 Å². The quantitative estimate of drug-likeness (QED) is 0.651. The molecule has 1 saturated carbocycles. The predicted molar refractivity (Wildman–Crippen MR) is 63.0 cm³/mol. The van der Waals surface area contributed by atoms with Crippen molar-refractivity contribution < 1.29 is 4.79 Å². The van der Waals surface area contributed by atoms with E-state index in [1.807, 2.05) is 0 Å². The number of rotatable bonds is 0. The second-order valence-electron chi connectivity index (χ2n) is 5.81. The molecule has 0 aromatic rings. The van der Waals surface area contributed by atoms with Crippen LogP contribution in [0.4, 0.5) is 0 Å². The minimum Gasteiger partial charge on any atom is -0.350 e. The highest BCUT2D eigenvalue weighted by molar-refractivity contribution is 5.78. The van der Waals surface area contributed by atoms with Gasteiger partial charge in [-0.3, -0.25) is 4.79 Å². The van der Waals surface area contributed by atoms with Gasteiger partial charge in [0.15, 0.2) is 0 Å². The molecule has 2 atom stereocenters. The number of hydrogen-bond donors (Lipinski definition) is 2. The SMILES string of the molecule is O=C1CC2CCCCC2C2(CCNCC2)N1. The number of carbonyl (C=O) groups excluding carboxylic acids is 1. The molecule has 90 valence electrons. The summed E-state index contributed by atoms with van der Waals surface area (Å²) in [4.78, 5) is 11.9. The Hall–Kier alpha value is -0.570. The standard InChI is InChI=1S/C13H22N2O/c16-12-9-10-3-1-2-4-11(10)13(15-12)5-7-14-8-6-13/h10-11,14H,1-9H2,(H,15,16). The van der Waals surface area contributed by atoms with Crippen molar-refractivity contribution in [2.24, 2.45) is 11.8 Å². The van der Waals surface area contributed by atoms with E-state index in [1.165, 1.54) is 25.7 Å². The predicted octanol–water partition coefficient (Wildman–Crippen LogP) is 1.43. The third-order valence-electron chi connectivity index (χ3n) is 4.95. The zero-order valence-corrected chi connectivity index (χ0v) is 9.93. The van der Waals surface area contributed by atoms with E-state index in [4.69, 9.17) is 0 Å².